The summed E-state index contributed by atoms with van der Waals surface area (Å²) in [6.07, 6.45) is -3.95. The van der Waals surface area contributed by atoms with Crippen LogP contribution >= 0.6 is 0 Å². The summed E-state index contributed by atoms with van der Waals surface area (Å²) in [5.41, 5.74) is 0.0902. The minimum absolute atomic E-state index is 0.150. The van der Waals surface area contributed by atoms with Crippen LogP contribution in [0.25, 0.3) is 16.7 Å². The van der Waals surface area contributed by atoms with E-state index in [1.807, 2.05) is 30.3 Å². The van der Waals surface area contributed by atoms with Gasteiger partial charge in [-0.2, -0.15) is 13.2 Å². The number of nitrogens with zero attached hydrogens (tertiary/aromatic N) is 4. The molecule has 0 aliphatic carbocycles. The normalized spacial score (nSPS) is 12.0. The summed E-state index contributed by atoms with van der Waals surface area (Å²) in [6, 6.07) is 21.1. The number of hydrogen-bond donors (Lipinski definition) is 0. The second kappa shape index (κ2) is 8.33. The number of hydrogen-bond acceptors (Lipinski definition) is 3. The Kier molecular flexibility index (Phi) is 5.31. The smallest absolute Gasteiger partial charge is 0.276 e. The highest BCUT2D eigenvalue weighted by atomic mass is 19.4. The maximum Gasteiger partial charge on any atom is 0.416 e. The quantitative estimate of drug-likeness (QED) is 0.393. The summed E-state index contributed by atoms with van der Waals surface area (Å²) in [6.45, 7) is 0.128. The highest BCUT2D eigenvalue weighted by Gasteiger charge is 2.30. The third-order valence-corrected chi connectivity index (χ3v) is 5.74. The molecule has 34 heavy (non-hydrogen) atoms. The molecule has 0 aliphatic rings. The number of fused-ring (bicyclic) bond motifs is 3. The van der Waals surface area contributed by atoms with Crippen molar-refractivity contribution in [3.05, 3.63) is 116 Å². The van der Waals surface area contributed by atoms with Gasteiger partial charge in [0.25, 0.3) is 5.56 Å². The Labute approximate surface area is 191 Å². The molecular weight excluding hydrogens is 445 g/mol. The molecule has 3 aromatic carbocycles. The first-order valence-electron chi connectivity index (χ1n) is 10.6. The Hall–Kier alpha value is -4.14. The highest BCUT2D eigenvalue weighted by molar-refractivity contribution is 5.80. The van der Waals surface area contributed by atoms with Gasteiger partial charge in [0.15, 0.2) is 0 Å². The van der Waals surface area contributed by atoms with Gasteiger partial charge in [0.05, 0.1) is 23.0 Å². The van der Waals surface area contributed by atoms with E-state index in [2.05, 4.69) is 5.10 Å². The van der Waals surface area contributed by atoms with E-state index >= 15 is 0 Å². The largest absolute Gasteiger partial charge is 0.416 e. The Morgan fingerprint density at radius 3 is 2.29 bits per heavy atom. The van der Waals surface area contributed by atoms with Gasteiger partial charge in [-0.3, -0.25) is 9.36 Å². The Balaban J connectivity index is 1.64. The first kappa shape index (κ1) is 21.7. The maximum atomic E-state index is 13.3. The van der Waals surface area contributed by atoms with E-state index in [1.165, 1.54) is 21.1 Å². The van der Waals surface area contributed by atoms with Crippen LogP contribution in [-0.4, -0.2) is 18.7 Å². The second-order valence-electron chi connectivity index (χ2n) is 7.98. The van der Waals surface area contributed by atoms with Gasteiger partial charge in [-0.05, 0) is 41.8 Å². The average molecular weight is 464 g/mol. The molecule has 0 unspecified atom stereocenters. The maximum absolute atomic E-state index is 13.3. The van der Waals surface area contributed by atoms with Crippen LogP contribution in [0.2, 0.25) is 0 Å². The van der Waals surface area contributed by atoms with E-state index in [-0.39, 0.29) is 30.0 Å². The number of alkyl halides is 3. The van der Waals surface area contributed by atoms with Gasteiger partial charge >= 0.3 is 11.9 Å². The van der Waals surface area contributed by atoms with Gasteiger partial charge in [-0.25, -0.2) is 13.9 Å². The molecule has 0 radical (unpaired) electrons. The zero-order valence-electron chi connectivity index (χ0n) is 17.9. The summed E-state index contributed by atoms with van der Waals surface area (Å²) in [4.78, 5) is 26.6. The van der Waals surface area contributed by atoms with E-state index < -0.39 is 17.4 Å². The predicted molar refractivity (Wildman–Crippen MR) is 122 cm³/mol. The van der Waals surface area contributed by atoms with Crippen molar-refractivity contribution in [3.63, 3.8) is 0 Å². The van der Waals surface area contributed by atoms with Gasteiger partial charge in [-0.15, -0.1) is 5.10 Å². The molecule has 0 fully saturated rings. The van der Waals surface area contributed by atoms with Crippen LogP contribution in [0.3, 0.4) is 0 Å². The number of halogens is 3. The molecule has 0 saturated heterocycles. The minimum atomic E-state index is -4.49. The molecule has 0 N–H and O–H groups in total. The van der Waals surface area contributed by atoms with Crippen LogP contribution in [0.15, 0.2) is 88.5 Å². The number of aromatic nitrogens is 4. The SMILES string of the molecule is O=c1c2ccccc2n2c(=O)n(Cc3cccc(C(F)(F)F)c3)nc2n1CCc1ccccc1. The molecule has 0 spiro atoms. The molecule has 6 nitrogen and oxygen atoms in total. The lowest BCUT2D eigenvalue weighted by molar-refractivity contribution is -0.137. The topological polar surface area (TPSA) is 61.3 Å². The van der Waals surface area contributed by atoms with Crippen LogP contribution in [0.5, 0.6) is 0 Å². The third kappa shape index (κ3) is 3.89. The summed E-state index contributed by atoms with van der Waals surface area (Å²) >= 11 is 0. The first-order valence-corrected chi connectivity index (χ1v) is 10.6. The van der Waals surface area contributed by atoms with E-state index in [9.17, 15) is 22.8 Å². The lowest BCUT2D eigenvalue weighted by Gasteiger charge is -2.09. The van der Waals surface area contributed by atoms with E-state index in [1.54, 1.807) is 24.3 Å². The lowest BCUT2D eigenvalue weighted by atomic mass is 10.1. The van der Waals surface area contributed by atoms with Crippen molar-refractivity contribution < 1.29 is 13.2 Å². The minimum Gasteiger partial charge on any atom is -0.276 e. The molecule has 9 heteroatoms. The van der Waals surface area contributed by atoms with Gasteiger partial charge in [0.1, 0.15) is 0 Å². The van der Waals surface area contributed by atoms with Crippen molar-refractivity contribution in [2.24, 2.45) is 0 Å². The molecule has 0 saturated carbocycles. The van der Waals surface area contributed by atoms with Crippen LogP contribution in [-0.2, 0) is 25.7 Å². The van der Waals surface area contributed by atoms with Crippen molar-refractivity contribution in [2.75, 3.05) is 0 Å². The van der Waals surface area contributed by atoms with Gasteiger partial charge in [0, 0.05) is 6.54 Å². The van der Waals surface area contributed by atoms with Crippen molar-refractivity contribution in [1.29, 1.82) is 0 Å². The van der Waals surface area contributed by atoms with E-state index in [0.29, 0.717) is 17.3 Å². The molecule has 2 heterocycles. The van der Waals surface area contributed by atoms with Crippen LogP contribution < -0.4 is 11.2 Å². The summed E-state index contributed by atoms with van der Waals surface area (Å²) in [5, 5.41) is 4.74. The summed E-state index contributed by atoms with van der Waals surface area (Å²) < 4.78 is 43.3. The van der Waals surface area contributed by atoms with Gasteiger partial charge in [-0.1, -0.05) is 54.6 Å². The van der Waals surface area contributed by atoms with Crippen molar-refractivity contribution in [3.8, 4) is 0 Å². The summed E-state index contributed by atoms with van der Waals surface area (Å²) in [5.74, 6) is 0.150. The standard InChI is InChI=1S/C25H19F3N4O2/c26-25(27,28)19-10-6-9-18(15-19)16-31-24(34)32-21-12-5-4-11-20(21)22(33)30(23(32)29-31)14-13-17-7-2-1-3-8-17/h1-12,15H,13-14,16H2. The van der Waals surface area contributed by atoms with Crippen LogP contribution in [0, 0.1) is 0 Å². The molecular formula is C25H19F3N4O2. The van der Waals surface area contributed by atoms with Crippen LogP contribution in [0.4, 0.5) is 13.2 Å². The Morgan fingerprint density at radius 1 is 0.824 bits per heavy atom. The highest BCUT2D eigenvalue weighted by Crippen LogP contribution is 2.29. The molecule has 0 atom stereocenters. The first-order chi connectivity index (χ1) is 16.3. The molecule has 0 bridgehead atoms. The zero-order valence-corrected chi connectivity index (χ0v) is 17.9. The lowest BCUT2D eigenvalue weighted by Crippen LogP contribution is -2.27. The second-order valence-corrected chi connectivity index (χ2v) is 7.98. The molecule has 5 aromatic rings. The fourth-order valence-electron chi connectivity index (χ4n) is 4.08. The number of aryl methyl sites for hydroxylation is 2. The molecule has 5 rings (SSSR count). The molecule has 2 aromatic heterocycles. The Morgan fingerprint density at radius 2 is 1.53 bits per heavy atom. The number of rotatable bonds is 5. The molecule has 0 aliphatic heterocycles. The van der Waals surface area contributed by atoms with Crippen molar-refractivity contribution in [1.82, 2.24) is 18.7 Å². The fraction of sp³-hybridized carbons (Fsp3) is 0.160. The molecule has 172 valence electrons. The monoisotopic (exact) mass is 464 g/mol. The predicted octanol–water partition coefficient (Wildman–Crippen LogP) is 4.12. The van der Waals surface area contributed by atoms with E-state index in [0.717, 1.165) is 22.4 Å². The number of para-hydroxylation sites is 1. The molecule has 0 amide bonds. The van der Waals surface area contributed by atoms with Crippen molar-refractivity contribution in [2.45, 2.75) is 25.7 Å². The van der Waals surface area contributed by atoms with E-state index in [4.69, 9.17) is 0 Å². The number of benzene rings is 3. The average Bonchev–Trinajstić information content (AvgIpc) is 3.15. The van der Waals surface area contributed by atoms with Crippen molar-refractivity contribution >= 4 is 16.7 Å². The fourth-order valence-corrected chi connectivity index (χ4v) is 4.08. The van der Waals surface area contributed by atoms with Crippen LogP contribution in [0.1, 0.15) is 16.7 Å². The third-order valence-electron chi connectivity index (χ3n) is 5.74. The van der Waals surface area contributed by atoms with Gasteiger partial charge in [0.2, 0.25) is 5.78 Å². The van der Waals surface area contributed by atoms with Gasteiger partial charge < -0.3 is 0 Å². The Bertz CT molecular complexity index is 1620. The summed E-state index contributed by atoms with van der Waals surface area (Å²) in [7, 11) is 0. The zero-order chi connectivity index (χ0) is 23.9.